The Morgan fingerprint density at radius 2 is 1.63 bits per heavy atom. The predicted molar refractivity (Wildman–Crippen MR) is 71.7 cm³/mol. The summed E-state index contributed by atoms with van der Waals surface area (Å²) >= 11 is 0. The van der Waals surface area contributed by atoms with Gasteiger partial charge in [0.25, 0.3) is 0 Å². The molecule has 0 unspecified atom stereocenters. The number of carboxylic acid groups (broad SMARTS) is 1. The van der Waals surface area contributed by atoms with E-state index in [0.29, 0.717) is 16.7 Å². The maximum absolute atomic E-state index is 12.3. The van der Waals surface area contributed by atoms with Crippen LogP contribution >= 0.6 is 0 Å². The van der Waals surface area contributed by atoms with E-state index in [1.54, 1.807) is 19.1 Å². The quantitative estimate of drug-likeness (QED) is 0.723. The molecular weight excluding hydrogens is 240 g/mol. The summed E-state index contributed by atoms with van der Waals surface area (Å²) in [5.74, 6) is -0.984. The molecule has 2 aromatic rings. The Bertz CT molecular complexity index is 742. The van der Waals surface area contributed by atoms with Crippen LogP contribution in [0, 0.1) is 13.8 Å². The van der Waals surface area contributed by atoms with Gasteiger partial charge in [-0.25, -0.2) is 4.79 Å². The van der Waals surface area contributed by atoms with Crippen molar-refractivity contribution in [2.24, 2.45) is 0 Å². The maximum atomic E-state index is 12.3. The lowest BCUT2D eigenvalue weighted by atomic mass is 9.98. The normalized spacial score (nSPS) is 12.2. The highest BCUT2D eigenvalue weighted by Gasteiger charge is 2.28. The Balaban J connectivity index is 2.33. The molecule has 0 bridgehead atoms. The number of hydrogen-bond donors (Lipinski definition) is 1. The van der Waals surface area contributed by atoms with Crippen LogP contribution in [0.5, 0.6) is 0 Å². The lowest BCUT2D eigenvalue weighted by molar-refractivity contribution is 0.0695. The molecule has 19 heavy (non-hydrogen) atoms. The molecule has 3 heteroatoms. The molecule has 1 N–H and O–H groups in total. The lowest BCUT2D eigenvalue weighted by Crippen LogP contribution is -2.02. The van der Waals surface area contributed by atoms with Crippen molar-refractivity contribution < 1.29 is 14.7 Å². The average molecular weight is 252 g/mol. The first-order valence-corrected chi connectivity index (χ1v) is 6.02. The topological polar surface area (TPSA) is 54.4 Å². The van der Waals surface area contributed by atoms with Crippen molar-refractivity contribution in [2.75, 3.05) is 0 Å². The molecule has 3 rings (SSSR count). The molecule has 1 aliphatic rings. The minimum Gasteiger partial charge on any atom is -0.478 e. The number of aryl methyl sites for hydroxylation is 2. The van der Waals surface area contributed by atoms with Gasteiger partial charge in [-0.3, -0.25) is 4.79 Å². The number of fused-ring (bicyclic) bond motifs is 3. The number of benzene rings is 2. The predicted octanol–water partition coefficient (Wildman–Crippen LogP) is 3.21. The largest absolute Gasteiger partial charge is 0.478 e. The summed E-state index contributed by atoms with van der Waals surface area (Å²) in [5, 5.41) is 9.17. The van der Waals surface area contributed by atoms with Crippen molar-refractivity contribution in [1.29, 1.82) is 0 Å². The summed E-state index contributed by atoms with van der Waals surface area (Å²) in [6, 6.07) is 8.95. The third-order valence-electron chi connectivity index (χ3n) is 3.55. The first kappa shape index (κ1) is 11.7. The molecule has 0 saturated heterocycles. The monoisotopic (exact) mass is 252 g/mol. The fourth-order valence-corrected chi connectivity index (χ4v) is 2.57. The zero-order chi connectivity index (χ0) is 13.7. The molecule has 0 spiro atoms. The molecule has 0 amide bonds. The maximum Gasteiger partial charge on any atom is 0.335 e. The summed E-state index contributed by atoms with van der Waals surface area (Å²) in [4.78, 5) is 23.5. The van der Waals surface area contributed by atoms with Crippen molar-refractivity contribution in [3.05, 3.63) is 58.1 Å². The fourth-order valence-electron chi connectivity index (χ4n) is 2.57. The summed E-state index contributed by atoms with van der Waals surface area (Å²) in [6.07, 6.45) is 0. The van der Waals surface area contributed by atoms with E-state index in [9.17, 15) is 9.59 Å². The van der Waals surface area contributed by atoms with Crippen LogP contribution in [-0.2, 0) is 0 Å². The SMILES string of the molecule is Cc1ccc2c(c1)C(=O)c1cc(C)c(C(=O)O)cc1-2. The van der Waals surface area contributed by atoms with Crippen molar-refractivity contribution in [1.82, 2.24) is 0 Å². The van der Waals surface area contributed by atoms with Crippen LogP contribution in [0.15, 0.2) is 30.3 Å². The van der Waals surface area contributed by atoms with Gasteiger partial charge in [-0.15, -0.1) is 0 Å². The number of rotatable bonds is 1. The van der Waals surface area contributed by atoms with Gasteiger partial charge in [0.2, 0.25) is 0 Å². The molecule has 3 nitrogen and oxygen atoms in total. The fraction of sp³-hybridized carbons (Fsp3) is 0.125. The molecule has 0 fully saturated rings. The Kier molecular flexibility index (Phi) is 2.32. The number of carboxylic acids is 1. The zero-order valence-corrected chi connectivity index (χ0v) is 10.7. The molecule has 0 aliphatic heterocycles. The van der Waals surface area contributed by atoms with Gasteiger partial charge in [-0.05, 0) is 48.7 Å². The molecular formula is C16H12O3. The van der Waals surface area contributed by atoms with Gasteiger partial charge >= 0.3 is 5.97 Å². The summed E-state index contributed by atoms with van der Waals surface area (Å²) in [7, 11) is 0. The molecule has 0 saturated carbocycles. The number of carbonyl (C=O) groups is 2. The van der Waals surface area contributed by atoms with E-state index < -0.39 is 5.97 Å². The van der Waals surface area contributed by atoms with Crippen LogP contribution in [0.4, 0.5) is 0 Å². The highest BCUT2D eigenvalue weighted by atomic mass is 16.4. The van der Waals surface area contributed by atoms with Gasteiger partial charge in [0.1, 0.15) is 0 Å². The van der Waals surface area contributed by atoms with E-state index >= 15 is 0 Å². The standard InChI is InChI=1S/C16H12O3/c1-8-3-4-10-12-7-11(16(18)19)9(2)6-14(12)15(17)13(10)5-8/h3-7H,1-2H3,(H,18,19). The third-order valence-corrected chi connectivity index (χ3v) is 3.55. The van der Waals surface area contributed by atoms with Crippen LogP contribution in [0.2, 0.25) is 0 Å². The highest BCUT2D eigenvalue weighted by Crippen LogP contribution is 2.38. The Hall–Kier alpha value is -2.42. The molecule has 0 atom stereocenters. The Labute approximate surface area is 110 Å². The molecule has 0 radical (unpaired) electrons. The van der Waals surface area contributed by atoms with Gasteiger partial charge in [-0.2, -0.15) is 0 Å². The van der Waals surface area contributed by atoms with E-state index in [4.69, 9.17) is 5.11 Å². The number of ketones is 1. The van der Waals surface area contributed by atoms with Crippen molar-refractivity contribution in [3.8, 4) is 11.1 Å². The van der Waals surface area contributed by atoms with Gasteiger partial charge < -0.3 is 5.11 Å². The number of carbonyl (C=O) groups excluding carboxylic acids is 1. The van der Waals surface area contributed by atoms with Crippen LogP contribution in [-0.4, -0.2) is 16.9 Å². The van der Waals surface area contributed by atoms with Gasteiger partial charge in [0, 0.05) is 11.1 Å². The Morgan fingerprint density at radius 3 is 2.32 bits per heavy atom. The second-order valence-electron chi connectivity index (χ2n) is 4.90. The van der Waals surface area contributed by atoms with Crippen molar-refractivity contribution in [2.45, 2.75) is 13.8 Å². The minimum absolute atomic E-state index is 0.0197. The van der Waals surface area contributed by atoms with Gasteiger partial charge in [-0.1, -0.05) is 17.7 Å². The summed E-state index contributed by atoms with van der Waals surface area (Å²) < 4.78 is 0. The van der Waals surface area contributed by atoms with Crippen LogP contribution in [0.3, 0.4) is 0 Å². The second-order valence-corrected chi connectivity index (χ2v) is 4.90. The average Bonchev–Trinajstić information content (AvgIpc) is 2.61. The van der Waals surface area contributed by atoms with Crippen molar-refractivity contribution >= 4 is 11.8 Å². The third kappa shape index (κ3) is 1.58. The summed E-state index contributed by atoms with van der Waals surface area (Å²) in [6.45, 7) is 3.65. The number of aromatic carboxylic acids is 1. The second kappa shape index (κ2) is 3.79. The molecule has 94 valence electrons. The smallest absolute Gasteiger partial charge is 0.335 e. The van der Waals surface area contributed by atoms with E-state index in [0.717, 1.165) is 16.7 Å². The van der Waals surface area contributed by atoms with E-state index in [-0.39, 0.29) is 11.3 Å². The lowest BCUT2D eigenvalue weighted by Gasteiger charge is -2.05. The van der Waals surface area contributed by atoms with E-state index in [2.05, 4.69) is 0 Å². The first-order valence-electron chi connectivity index (χ1n) is 6.02. The van der Waals surface area contributed by atoms with E-state index in [1.807, 2.05) is 25.1 Å². The molecule has 0 heterocycles. The van der Waals surface area contributed by atoms with Crippen LogP contribution in [0.25, 0.3) is 11.1 Å². The van der Waals surface area contributed by atoms with E-state index in [1.165, 1.54) is 0 Å². The number of hydrogen-bond acceptors (Lipinski definition) is 2. The van der Waals surface area contributed by atoms with Crippen LogP contribution < -0.4 is 0 Å². The van der Waals surface area contributed by atoms with Crippen LogP contribution in [0.1, 0.15) is 37.4 Å². The molecule has 1 aliphatic carbocycles. The molecule has 2 aromatic carbocycles. The minimum atomic E-state index is -0.965. The molecule has 0 aromatic heterocycles. The van der Waals surface area contributed by atoms with Gasteiger partial charge in [0.15, 0.2) is 5.78 Å². The Morgan fingerprint density at radius 1 is 0.947 bits per heavy atom. The first-order chi connectivity index (χ1) is 8.99. The van der Waals surface area contributed by atoms with Gasteiger partial charge in [0.05, 0.1) is 5.56 Å². The summed E-state index contributed by atoms with van der Waals surface area (Å²) in [5.41, 5.74) is 4.70. The zero-order valence-electron chi connectivity index (χ0n) is 10.7. The highest BCUT2D eigenvalue weighted by molar-refractivity contribution is 6.22. The van der Waals surface area contributed by atoms with Crippen molar-refractivity contribution in [3.63, 3.8) is 0 Å².